The molecule has 0 unspecified atom stereocenters. The van der Waals surface area contributed by atoms with Gasteiger partial charge in [-0.25, -0.2) is 4.98 Å². The Bertz CT molecular complexity index is 475. The molecule has 2 atom stereocenters. The van der Waals surface area contributed by atoms with Crippen LogP contribution in [0, 0.1) is 5.92 Å². The van der Waals surface area contributed by atoms with Crippen LogP contribution < -0.4 is 0 Å². The molecule has 0 aromatic carbocycles. The summed E-state index contributed by atoms with van der Waals surface area (Å²) in [5, 5.41) is 8.66. The van der Waals surface area contributed by atoms with E-state index in [4.69, 9.17) is 16.7 Å². The third-order valence-corrected chi connectivity index (χ3v) is 3.02. The molecule has 3 nitrogen and oxygen atoms in total. The molecule has 1 aliphatic rings. The van der Waals surface area contributed by atoms with Crippen LogP contribution >= 0.6 is 11.6 Å². The van der Waals surface area contributed by atoms with Crippen LogP contribution in [0.4, 0.5) is 13.2 Å². The highest BCUT2D eigenvalue weighted by atomic mass is 35.5. The minimum Gasteiger partial charge on any atom is -0.481 e. The van der Waals surface area contributed by atoms with Crippen molar-refractivity contribution in [2.24, 2.45) is 5.92 Å². The lowest BCUT2D eigenvalue weighted by atomic mass is 10.1. The molecule has 1 fully saturated rings. The van der Waals surface area contributed by atoms with Crippen molar-refractivity contribution in [1.29, 1.82) is 0 Å². The van der Waals surface area contributed by atoms with Crippen molar-refractivity contribution in [3.05, 3.63) is 28.5 Å². The second-order valence-electron chi connectivity index (χ2n) is 3.89. The highest BCUT2D eigenvalue weighted by Crippen LogP contribution is 2.50. The molecule has 0 radical (unpaired) electrons. The summed E-state index contributed by atoms with van der Waals surface area (Å²) in [7, 11) is 0. The van der Waals surface area contributed by atoms with Gasteiger partial charge in [-0.15, -0.1) is 0 Å². The molecule has 1 heterocycles. The van der Waals surface area contributed by atoms with Crippen LogP contribution in [0.15, 0.2) is 12.3 Å². The summed E-state index contributed by atoms with van der Waals surface area (Å²) >= 11 is 5.68. The molecule has 7 heteroatoms. The van der Waals surface area contributed by atoms with Gasteiger partial charge in [0.1, 0.15) is 5.15 Å². The van der Waals surface area contributed by atoms with Crippen LogP contribution in [0.25, 0.3) is 0 Å². The number of aliphatic carboxylic acids is 1. The molecule has 1 N–H and O–H groups in total. The lowest BCUT2D eigenvalue weighted by Gasteiger charge is -2.09. The van der Waals surface area contributed by atoms with E-state index in [2.05, 4.69) is 4.98 Å². The standard InChI is InChI=1S/C10H7ClF3NO2/c11-8-6(5-2-7(5)9(16)17)1-4(3-15-8)10(12,13)14/h1,3,5,7H,2H2,(H,16,17)/t5-,7+/m0/s1. The van der Waals surface area contributed by atoms with Gasteiger partial charge >= 0.3 is 12.1 Å². The van der Waals surface area contributed by atoms with Gasteiger partial charge in [0.05, 0.1) is 11.5 Å². The van der Waals surface area contributed by atoms with Crippen molar-refractivity contribution in [2.75, 3.05) is 0 Å². The Balaban J connectivity index is 2.32. The van der Waals surface area contributed by atoms with E-state index in [-0.39, 0.29) is 10.7 Å². The van der Waals surface area contributed by atoms with E-state index < -0.39 is 29.5 Å². The molecule has 0 bridgehead atoms. The summed E-state index contributed by atoms with van der Waals surface area (Å²) < 4.78 is 37.3. The number of nitrogens with zero attached hydrogens (tertiary/aromatic N) is 1. The molecule has 92 valence electrons. The Hall–Kier alpha value is -1.30. The van der Waals surface area contributed by atoms with Gasteiger partial charge in [0.2, 0.25) is 0 Å². The maximum Gasteiger partial charge on any atom is 0.417 e. The van der Waals surface area contributed by atoms with Gasteiger partial charge in [-0.05, 0) is 18.1 Å². The first-order valence-corrected chi connectivity index (χ1v) is 5.14. The summed E-state index contributed by atoms with van der Waals surface area (Å²) in [6, 6.07) is 0.878. The number of carbonyl (C=O) groups is 1. The first-order valence-electron chi connectivity index (χ1n) is 4.76. The van der Waals surface area contributed by atoms with Gasteiger partial charge in [-0.2, -0.15) is 13.2 Å². The topological polar surface area (TPSA) is 50.2 Å². The van der Waals surface area contributed by atoms with Crippen molar-refractivity contribution in [3.63, 3.8) is 0 Å². The van der Waals surface area contributed by atoms with Crippen LogP contribution in [0.5, 0.6) is 0 Å². The molecular weight excluding hydrogens is 259 g/mol. The third-order valence-electron chi connectivity index (χ3n) is 2.70. The van der Waals surface area contributed by atoms with E-state index >= 15 is 0 Å². The number of alkyl halides is 3. The summed E-state index contributed by atoms with van der Waals surface area (Å²) in [6.07, 6.45) is -3.55. The summed E-state index contributed by atoms with van der Waals surface area (Å²) in [5.41, 5.74) is -0.748. The average molecular weight is 266 g/mol. The largest absolute Gasteiger partial charge is 0.481 e. The van der Waals surface area contributed by atoms with Gasteiger partial charge in [-0.1, -0.05) is 11.6 Å². The number of carboxylic acid groups (broad SMARTS) is 1. The van der Waals surface area contributed by atoms with E-state index in [9.17, 15) is 18.0 Å². The molecule has 1 aromatic rings. The second kappa shape index (κ2) is 3.87. The van der Waals surface area contributed by atoms with Gasteiger partial charge < -0.3 is 5.11 Å². The van der Waals surface area contributed by atoms with Gasteiger partial charge in [0, 0.05) is 12.1 Å². The Kier molecular flexibility index (Phi) is 2.77. The van der Waals surface area contributed by atoms with Gasteiger partial charge in [0.25, 0.3) is 0 Å². The zero-order valence-corrected chi connectivity index (χ0v) is 9.09. The normalized spacial score (nSPS) is 23.5. The fraction of sp³-hybridized carbons (Fsp3) is 0.400. The molecule has 17 heavy (non-hydrogen) atoms. The molecule has 1 aliphatic carbocycles. The monoisotopic (exact) mass is 265 g/mol. The number of aromatic nitrogens is 1. The number of carboxylic acids is 1. The van der Waals surface area contributed by atoms with Crippen molar-refractivity contribution in [3.8, 4) is 0 Å². The average Bonchev–Trinajstić information content (AvgIpc) is 2.96. The lowest BCUT2D eigenvalue weighted by molar-refractivity contribution is -0.138. The Morgan fingerprint density at radius 1 is 1.53 bits per heavy atom. The molecule has 0 spiro atoms. The number of rotatable bonds is 2. The number of halogens is 4. The smallest absolute Gasteiger partial charge is 0.417 e. The highest BCUT2D eigenvalue weighted by Gasteiger charge is 2.46. The molecule has 0 aliphatic heterocycles. The van der Waals surface area contributed by atoms with Crippen LogP contribution in [0.2, 0.25) is 5.15 Å². The molecule has 0 saturated heterocycles. The van der Waals surface area contributed by atoms with E-state index in [1.807, 2.05) is 0 Å². The number of pyridine rings is 1. The fourth-order valence-electron chi connectivity index (χ4n) is 1.69. The van der Waals surface area contributed by atoms with Gasteiger partial charge in [-0.3, -0.25) is 4.79 Å². The van der Waals surface area contributed by atoms with Crippen LogP contribution in [0.3, 0.4) is 0 Å². The predicted octanol–water partition coefficient (Wildman–Crippen LogP) is 2.94. The highest BCUT2D eigenvalue weighted by molar-refractivity contribution is 6.30. The van der Waals surface area contributed by atoms with E-state index in [1.54, 1.807) is 0 Å². The molecular formula is C10H7ClF3NO2. The van der Waals surface area contributed by atoms with Gasteiger partial charge in [0.15, 0.2) is 0 Å². The lowest BCUT2D eigenvalue weighted by Crippen LogP contribution is -2.07. The van der Waals surface area contributed by atoms with Crippen LogP contribution in [-0.2, 0) is 11.0 Å². The van der Waals surface area contributed by atoms with Crippen molar-refractivity contribution in [1.82, 2.24) is 4.98 Å². The third kappa shape index (κ3) is 2.36. The first kappa shape index (κ1) is 12.2. The Labute approximate surface area is 99.2 Å². The summed E-state index contributed by atoms with van der Waals surface area (Å²) in [6.45, 7) is 0. The van der Waals surface area contributed by atoms with Crippen LogP contribution in [0.1, 0.15) is 23.5 Å². The maximum atomic E-state index is 12.4. The van der Waals surface area contributed by atoms with Crippen LogP contribution in [-0.4, -0.2) is 16.1 Å². The summed E-state index contributed by atoms with van der Waals surface area (Å²) in [4.78, 5) is 14.1. The Morgan fingerprint density at radius 2 is 2.18 bits per heavy atom. The SMILES string of the molecule is O=C(O)[C@@H]1C[C@H]1c1cc(C(F)(F)F)cnc1Cl. The first-order chi connectivity index (χ1) is 7.80. The molecule has 2 rings (SSSR count). The van der Waals surface area contributed by atoms with Crippen molar-refractivity contribution < 1.29 is 23.1 Å². The zero-order valence-electron chi connectivity index (χ0n) is 8.33. The number of hydrogen-bond donors (Lipinski definition) is 1. The second-order valence-corrected chi connectivity index (χ2v) is 4.25. The van der Waals surface area contributed by atoms with Crippen molar-refractivity contribution >= 4 is 17.6 Å². The van der Waals surface area contributed by atoms with Crippen molar-refractivity contribution in [2.45, 2.75) is 18.5 Å². The minimum atomic E-state index is -4.50. The van der Waals surface area contributed by atoms with E-state index in [0.717, 1.165) is 6.07 Å². The summed E-state index contributed by atoms with van der Waals surface area (Å²) in [5.74, 6) is -2.14. The Morgan fingerprint density at radius 3 is 2.65 bits per heavy atom. The zero-order chi connectivity index (χ0) is 12.8. The minimum absolute atomic E-state index is 0.0632. The quantitative estimate of drug-likeness (QED) is 0.837. The maximum absolute atomic E-state index is 12.4. The van der Waals surface area contributed by atoms with E-state index in [1.165, 1.54) is 0 Å². The molecule has 0 amide bonds. The molecule has 1 aromatic heterocycles. The predicted molar refractivity (Wildman–Crippen MR) is 52.7 cm³/mol. The fourth-order valence-corrected chi connectivity index (χ4v) is 1.94. The number of hydrogen-bond acceptors (Lipinski definition) is 2. The van der Waals surface area contributed by atoms with E-state index in [0.29, 0.717) is 12.6 Å². The molecule has 1 saturated carbocycles.